The van der Waals surface area contributed by atoms with Crippen LogP contribution in [0.5, 0.6) is 0 Å². The fraction of sp³-hybridized carbons (Fsp3) is 0.667. The van der Waals surface area contributed by atoms with Crippen molar-refractivity contribution in [1.29, 1.82) is 0 Å². The first-order valence-corrected chi connectivity index (χ1v) is 5.49. The third kappa shape index (κ3) is 2.33. The van der Waals surface area contributed by atoms with Gasteiger partial charge in [0.2, 0.25) is 5.95 Å². The molecule has 0 atom stereocenters. The average molecular weight is 244 g/mol. The van der Waals surface area contributed by atoms with E-state index in [0.29, 0.717) is 31.9 Å². The number of aliphatic hydroxyl groups is 1. The zero-order valence-electron chi connectivity index (χ0n) is 9.02. The van der Waals surface area contributed by atoms with Gasteiger partial charge in [-0.05, 0) is 19.8 Å². The highest BCUT2D eigenvalue weighted by atomic mass is 35.5. The molecule has 1 fully saturated rings. The van der Waals surface area contributed by atoms with Crippen molar-refractivity contribution in [3.05, 3.63) is 5.15 Å². The summed E-state index contributed by atoms with van der Waals surface area (Å²) in [5.41, 5.74) is 4.96. The molecule has 2 rings (SSSR count). The van der Waals surface area contributed by atoms with Crippen molar-refractivity contribution in [1.82, 2.24) is 15.2 Å². The zero-order chi connectivity index (χ0) is 11.8. The van der Waals surface area contributed by atoms with Gasteiger partial charge in [0.05, 0.1) is 5.60 Å². The van der Waals surface area contributed by atoms with Crippen LogP contribution in [0.25, 0.3) is 0 Å². The molecule has 1 aromatic rings. The minimum absolute atomic E-state index is 0.118. The van der Waals surface area contributed by atoms with Crippen LogP contribution in [0.15, 0.2) is 0 Å². The lowest BCUT2D eigenvalue weighted by atomic mass is 9.94. The van der Waals surface area contributed by atoms with Crippen molar-refractivity contribution in [2.24, 2.45) is 0 Å². The fourth-order valence-corrected chi connectivity index (χ4v) is 1.72. The van der Waals surface area contributed by atoms with Crippen molar-refractivity contribution in [2.45, 2.75) is 25.4 Å². The Kier molecular flexibility index (Phi) is 2.86. The van der Waals surface area contributed by atoms with E-state index < -0.39 is 5.60 Å². The Balaban J connectivity index is 2.11. The van der Waals surface area contributed by atoms with Gasteiger partial charge in [0.25, 0.3) is 0 Å². The van der Waals surface area contributed by atoms with Crippen molar-refractivity contribution in [2.75, 3.05) is 23.7 Å². The van der Waals surface area contributed by atoms with Crippen LogP contribution in [0.1, 0.15) is 19.8 Å². The predicted molar refractivity (Wildman–Crippen MR) is 61.3 cm³/mol. The van der Waals surface area contributed by atoms with Gasteiger partial charge in [-0.25, -0.2) is 0 Å². The summed E-state index contributed by atoms with van der Waals surface area (Å²) in [4.78, 5) is 6.00. The first-order chi connectivity index (χ1) is 7.48. The molecule has 1 saturated heterocycles. The molecule has 16 heavy (non-hydrogen) atoms. The second-order valence-corrected chi connectivity index (χ2v) is 4.63. The number of nitrogen functional groups attached to an aromatic ring is 1. The molecule has 0 aromatic carbocycles. The van der Waals surface area contributed by atoms with Gasteiger partial charge in [0, 0.05) is 13.1 Å². The molecular formula is C9H14ClN5O. The number of rotatable bonds is 1. The summed E-state index contributed by atoms with van der Waals surface area (Å²) < 4.78 is 0. The Morgan fingerprint density at radius 1 is 1.38 bits per heavy atom. The van der Waals surface area contributed by atoms with Gasteiger partial charge < -0.3 is 15.7 Å². The summed E-state index contributed by atoms with van der Waals surface area (Å²) in [5, 5.41) is 17.5. The number of halogens is 1. The largest absolute Gasteiger partial charge is 0.390 e. The summed E-state index contributed by atoms with van der Waals surface area (Å²) in [6, 6.07) is 0. The van der Waals surface area contributed by atoms with Crippen LogP contribution in [-0.4, -0.2) is 39.0 Å². The van der Waals surface area contributed by atoms with E-state index in [4.69, 9.17) is 17.3 Å². The SMILES string of the molecule is CC1(O)CCN(c2nnc(Cl)c(N)n2)CC1. The highest BCUT2D eigenvalue weighted by Gasteiger charge is 2.28. The second kappa shape index (κ2) is 4.03. The highest BCUT2D eigenvalue weighted by molar-refractivity contribution is 6.31. The van der Waals surface area contributed by atoms with E-state index in [1.54, 1.807) is 0 Å². The summed E-state index contributed by atoms with van der Waals surface area (Å²) in [5.74, 6) is 0.654. The van der Waals surface area contributed by atoms with Crippen LogP contribution in [0.4, 0.5) is 11.8 Å². The maximum atomic E-state index is 9.81. The van der Waals surface area contributed by atoms with E-state index in [1.807, 2.05) is 11.8 Å². The maximum Gasteiger partial charge on any atom is 0.247 e. The lowest BCUT2D eigenvalue weighted by Gasteiger charge is -2.35. The van der Waals surface area contributed by atoms with Crippen LogP contribution in [-0.2, 0) is 0 Å². The van der Waals surface area contributed by atoms with Gasteiger partial charge in [-0.2, -0.15) is 4.98 Å². The third-order valence-electron chi connectivity index (χ3n) is 2.78. The molecular weight excluding hydrogens is 230 g/mol. The lowest BCUT2D eigenvalue weighted by molar-refractivity contribution is 0.0348. The first kappa shape index (κ1) is 11.3. The van der Waals surface area contributed by atoms with Crippen molar-refractivity contribution in [3.8, 4) is 0 Å². The van der Waals surface area contributed by atoms with E-state index in [1.165, 1.54) is 0 Å². The van der Waals surface area contributed by atoms with Gasteiger partial charge in [-0.3, -0.25) is 0 Å². The Morgan fingerprint density at radius 3 is 2.56 bits per heavy atom. The molecule has 1 aliphatic rings. The molecule has 88 valence electrons. The minimum Gasteiger partial charge on any atom is -0.390 e. The number of nitrogens with two attached hydrogens (primary N) is 1. The summed E-state index contributed by atoms with van der Waals surface area (Å²) >= 11 is 5.65. The molecule has 0 amide bonds. The van der Waals surface area contributed by atoms with Gasteiger partial charge >= 0.3 is 0 Å². The molecule has 3 N–H and O–H groups in total. The molecule has 1 aromatic heterocycles. The Labute approximate surface area is 98.4 Å². The quantitative estimate of drug-likeness (QED) is 0.745. The van der Waals surface area contributed by atoms with Gasteiger partial charge in [-0.15, -0.1) is 10.2 Å². The molecule has 0 unspecified atom stereocenters. The summed E-state index contributed by atoms with van der Waals surface area (Å²) in [7, 11) is 0. The standard InChI is InChI=1S/C9H14ClN5O/c1-9(16)2-4-15(5-3-9)8-12-7(11)6(10)13-14-8/h16H,2-5H2,1H3,(H2,11,12,14). The van der Waals surface area contributed by atoms with Crippen molar-refractivity contribution >= 4 is 23.4 Å². The van der Waals surface area contributed by atoms with E-state index in [0.717, 1.165) is 0 Å². The molecule has 0 aliphatic carbocycles. The zero-order valence-corrected chi connectivity index (χ0v) is 9.78. The number of piperidine rings is 1. The Morgan fingerprint density at radius 2 is 2.00 bits per heavy atom. The van der Waals surface area contributed by atoms with Gasteiger partial charge in [-0.1, -0.05) is 11.6 Å². The molecule has 6 nitrogen and oxygen atoms in total. The number of hydrogen-bond acceptors (Lipinski definition) is 6. The summed E-state index contributed by atoms with van der Waals surface area (Å²) in [6.07, 6.45) is 1.36. The average Bonchev–Trinajstić information content (AvgIpc) is 2.22. The summed E-state index contributed by atoms with van der Waals surface area (Å²) in [6.45, 7) is 3.21. The van der Waals surface area contributed by atoms with Gasteiger partial charge in [0.1, 0.15) is 0 Å². The van der Waals surface area contributed by atoms with Gasteiger partial charge in [0.15, 0.2) is 11.0 Å². The molecule has 0 spiro atoms. The molecule has 1 aliphatic heterocycles. The van der Waals surface area contributed by atoms with Crippen molar-refractivity contribution in [3.63, 3.8) is 0 Å². The Bertz CT molecular complexity index is 387. The van der Waals surface area contributed by atoms with E-state index in [2.05, 4.69) is 15.2 Å². The fourth-order valence-electron chi connectivity index (χ4n) is 1.64. The molecule has 0 bridgehead atoms. The number of nitrogens with zero attached hydrogens (tertiary/aromatic N) is 4. The minimum atomic E-state index is -0.595. The number of aromatic nitrogens is 3. The molecule has 0 radical (unpaired) electrons. The lowest BCUT2D eigenvalue weighted by Crippen LogP contribution is -2.43. The monoisotopic (exact) mass is 243 g/mol. The van der Waals surface area contributed by atoms with Crippen LogP contribution in [0.3, 0.4) is 0 Å². The smallest absolute Gasteiger partial charge is 0.247 e. The normalized spacial score (nSPS) is 19.8. The molecule has 7 heteroatoms. The molecule has 2 heterocycles. The first-order valence-electron chi connectivity index (χ1n) is 5.11. The number of hydrogen-bond donors (Lipinski definition) is 2. The van der Waals surface area contributed by atoms with Crippen LogP contribution in [0, 0.1) is 0 Å². The second-order valence-electron chi connectivity index (χ2n) is 4.27. The highest BCUT2D eigenvalue weighted by Crippen LogP contribution is 2.24. The maximum absolute atomic E-state index is 9.81. The van der Waals surface area contributed by atoms with E-state index in [-0.39, 0.29) is 11.0 Å². The predicted octanol–water partition coefficient (Wildman–Crippen LogP) is 0.458. The van der Waals surface area contributed by atoms with Crippen LogP contribution >= 0.6 is 11.6 Å². The van der Waals surface area contributed by atoms with Crippen molar-refractivity contribution < 1.29 is 5.11 Å². The third-order valence-corrected chi connectivity index (χ3v) is 3.05. The Hall–Kier alpha value is -1.14. The number of anilines is 2. The van der Waals surface area contributed by atoms with Crippen LogP contribution in [0.2, 0.25) is 5.15 Å². The van der Waals surface area contributed by atoms with Crippen LogP contribution < -0.4 is 10.6 Å². The van der Waals surface area contributed by atoms with E-state index in [9.17, 15) is 5.11 Å². The topological polar surface area (TPSA) is 88.2 Å². The van der Waals surface area contributed by atoms with E-state index >= 15 is 0 Å². The molecule has 0 saturated carbocycles.